The SMILES string of the molecule is NC(=O)c1ccc[n+]([C@@H]2O[C@@H](C(OP(=O)([O-])O)P(=O)(O)OC[C@H]3O[C@@H](n4cnc5c(N)ncnc54)C[C@@H]3O)[C@@H](O)[C@H]2O)c1. The van der Waals surface area contributed by atoms with Gasteiger partial charge in [-0.15, -0.1) is 0 Å². The van der Waals surface area contributed by atoms with Gasteiger partial charge in [-0.25, -0.2) is 15.0 Å². The van der Waals surface area contributed by atoms with Crippen LogP contribution in [-0.2, 0) is 27.7 Å². The fourth-order valence-electron chi connectivity index (χ4n) is 4.78. The number of hydrogen-bond acceptors (Lipinski definition) is 15. The molecule has 5 rings (SSSR count). The number of anilines is 1. The van der Waals surface area contributed by atoms with Gasteiger partial charge >= 0.3 is 7.60 Å². The molecule has 0 radical (unpaired) electrons. The number of imidazole rings is 1. The van der Waals surface area contributed by atoms with Crippen LogP contribution in [0.2, 0.25) is 0 Å². The predicted octanol–water partition coefficient (Wildman–Crippen LogP) is -3.23. The second-order valence-electron chi connectivity index (χ2n) is 9.72. The van der Waals surface area contributed by atoms with Crippen molar-refractivity contribution in [3.8, 4) is 0 Å². The highest BCUT2D eigenvalue weighted by Crippen LogP contribution is 2.57. The Morgan fingerprint density at radius 3 is 2.65 bits per heavy atom. The number of ether oxygens (including phenoxy) is 2. The zero-order chi connectivity index (χ0) is 31.3. The number of carbonyl (C=O) groups excluding carboxylic acids is 1. The lowest BCUT2D eigenvalue weighted by atomic mass is 10.1. The number of pyridine rings is 1. The Morgan fingerprint density at radius 2 is 1.95 bits per heavy atom. The number of aromatic nitrogens is 5. The molecule has 0 bridgehead atoms. The lowest BCUT2D eigenvalue weighted by Gasteiger charge is -2.31. The van der Waals surface area contributed by atoms with Crippen molar-refractivity contribution in [2.75, 3.05) is 12.3 Å². The van der Waals surface area contributed by atoms with Crippen LogP contribution in [0.1, 0.15) is 29.2 Å². The van der Waals surface area contributed by atoms with Gasteiger partial charge in [-0.05, 0) is 6.07 Å². The number of nitrogens with two attached hydrogens (primary N) is 2. The van der Waals surface area contributed by atoms with Gasteiger partial charge in [-0.3, -0.25) is 23.0 Å². The Hall–Kier alpha value is -2.97. The first-order valence-electron chi connectivity index (χ1n) is 12.4. The fraction of sp³-hybridized carbons (Fsp3) is 0.476. The molecular formula is C21H27N7O13P2. The minimum atomic E-state index is -5.78. The molecule has 1 amide bonds. The number of carbonyl (C=O) groups is 1. The maximum Gasteiger partial charge on any atom is 0.360 e. The molecule has 0 aromatic carbocycles. The van der Waals surface area contributed by atoms with Crippen LogP contribution < -0.4 is 20.9 Å². The summed E-state index contributed by atoms with van der Waals surface area (Å²) in [4.78, 5) is 55.3. The van der Waals surface area contributed by atoms with Crippen molar-refractivity contribution in [2.24, 2.45) is 5.73 Å². The van der Waals surface area contributed by atoms with Gasteiger partial charge in [0.25, 0.3) is 20.0 Å². The van der Waals surface area contributed by atoms with E-state index < -0.39 is 76.8 Å². The monoisotopic (exact) mass is 647 g/mol. The van der Waals surface area contributed by atoms with Crippen molar-refractivity contribution in [1.29, 1.82) is 0 Å². The third kappa shape index (κ3) is 6.46. The Bertz CT molecular complexity index is 1600. The van der Waals surface area contributed by atoms with E-state index in [-0.39, 0.29) is 23.3 Å². The molecule has 2 fully saturated rings. The van der Waals surface area contributed by atoms with Crippen molar-refractivity contribution >= 4 is 38.3 Å². The maximum atomic E-state index is 13.3. The summed E-state index contributed by atoms with van der Waals surface area (Å²) in [5, 5.41) is 31.8. The Balaban J connectivity index is 1.33. The van der Waals surface area contributed by atoms with Crippen LogP contribution in [0, 0.1) is 0 Å². The number of hydrogen-bond donors (Lipinski definition) is 7. The van der Waals surface area contributed by atoms with Crippen LogP contribution in [0.25, 0.3) is 11.2 Å². The molecule has 0 spiro atoms. The van der Waals surface area contributed by atoms with E-state index in [2.05, 4.69) is 19.5 Å². The average molecular weight is 647 g/mol. The molecule has 2 aliphatic rings. The number of fused-ring (bicyclic) bond motifs is 1. The molecule has 22 heteroatoms. The number of nitrogens with zero attached hydrogens (tertiary/aromatic N) is 5. The van der Waals surface area contributed by atoms with Crippen LogP contribution >= 0.6 is 15.4 Å². The number of primary amides is 1. The summed E-state index contributed by atoms with van der Waals surface area (Å²) in [6.07, 6.45) is -5.89. The van der Waals surface area contributed by atoms with E-state index in [1.807, 2.05) is 0 Å². The normalized spacial score (nSPS) is 31.1. The summed E-state index contributed by atoms with van der Waals surface area (Å²) in [5.41, 5.74) is 11.6. The summed E-state index contributed by atoms with van der Waals surface area (Å²) in [6, 6.07) is 2.70. The Morgan fingerprint density at radius 1 is 1.21 bits per heavy atom. The number of nitrogen functional groups attached to an aromatic ring is 1. The molecule has 0 aliphatic carbocycles. The second kappa shape index (κ2) is 11.8. The Labute approximate surface area is 241 Å². The van der Waals surface area contributed by atoms with E-state index in [1.165, 1.54) is 35.6 Å². The highest BCUT2D eigenvalue weighted by Gasteiger charge is 2.57. The van der Waals surface area contributed by atoms with Gasteiger partial charge in [-0.2, -0.15) is 4.57 Å². The van der Waals surface area contributed by atoms with Gasteiger partial charge in [-0.1, -0.05) is 0 Å². The van der Waals surface area contributed by atoms with Gasteiger partial charge in [0.05, 0.1) is 19.0 Å². The molecule has 9 N–H and O–H groups in total. The molecule has 234 valence electrons. The van der Waals surface area contributed by atoms with E-state index in [9.17, 15) is 43.9 Å². The molecule has 3 unspecified atom stereocenters. The van der Waals surface area contributed by atoms with E-state index >= 15 is 0 Å². The van der Waals surface area contributed by atoms with Crippen LogP contribution in [0.15, 0.2) is 37.2 Å². The van der Waals surface area contributed by atoms with Crippen LogP contribution in [-0.4, -0.2) is 93.5 Å². The zero-order valence-electron chi connectivity index (χ0n) is 21.8. The number of aliphatic hydroxyl groups excluding tert-OH is 3. The van der Waals surface area contributed by atoms with Crippen molar-refractivity contribution in [1.82, 2.24) is 19.5 Å². The first kappa shape index (κ1) is 31.5. The lowest BCUT2D eigenvalue weighted by Crippen LogP contribution is -2.46. The predicted molar refractivity (Wildman–Crippen MR) is 136 cm³/mol. The standard InChI is InChI=1S/C21H27N7O13P2/c22-17-13-19(25-7-24-17)28(8-26-13)12-4-10(29)11(39-12)6-38-42(33,34)21(41-43(35,36)37)16-14(30)15(31)20(40-16)27-3-1-2-9(5-27)18(23)32/h1-3,5,7-8,10-12,14-16,20-21,29-31H,4,6H2,(H6-,22,23,24,25,32,33,34,35,36,37)/t10-,11+,12+,14-,15+,16+,20+,21?/m0/s1. The van der Waals surface area contributed by atoms with Gasteiger partial charge in [0.15, 0.2) is 35.8 Å². The third-order valence-electron chi connectivity index (χ3n) is 6.84. The third-order valence-corrected chi connectivity index (χ3v) is 9.07. The van der Waals surface area contributed by atoms with Crippen LogP contribution in [0.4, 0.5) is 5.82 Å². The largest absolute Gasteiger partial charge is 0.756 e. The number of aliphatic hydroxyl groups is 3. The van der Waals surface area contributed by atoms with Gasteiger partial charge in [0.1, 0.15) is 41.9 Å². The van der Waals surface area contributed by atoms with E-state index in [1.54, 1.807) is 0 Å². The summed E-state index contributed by atoms with van der Waals surface area (Å²) in [5.74, 6) is -3.32. The molecule has 3 aromatic rings. The summed E-state index contributed by atoms with van der Waals surface area (Å²) < 4.78 is 48.3. The van der Waals surface area contributed by atoms with Crippen molar-refractivity contribution in [2.45, 2.75) is 55.2 Å². The molecule has 20 nitrogen and oxygen atoms in total. The lowest BCUT2D eigenvalue weighted by molar-refractivity contribution is -0.766. The zero-order valence-corrected chi connectivity index (χ0v) is 23.6. The van der Waals surface area contributed by atoms with E-state index in [0.717, 1.165) is 10.8 Å². The fourth-order valence-corrected chi connectivity index (χ4v) is 7.13. The molecule has 2 saturated heterocycles. The molecule has 2 aliphatic heterocycles. The van der Waals surface area contributed by atoms with E-state index in [4.69, 9.17) is 25.5 Å². The van der Waals surface area contributed by atoms with Crippen LogP contribution in [0.5, 0.6) is 0 Å². The molecule has 0 saturated carbocycles. The number of phosphoric acid groups is 1. The van der Waals surface area contributed by atoms with Crippen LogP contribution in [0.3, 0.4) is 0 Å². The first-order chi connectivity index (χ1) is 20.2. The topological polar surface area (TPSA) is 312 Å². The quantitative estimate of drug-likeness (QED) is 0.0840. The first-order valence-corrected chi connectivity index (χ1v) is 15.6. The highest BCUT2D eigenvalue weighted by molar-refractivity contribution is 7.54. The summed E-state index contributed by atoms with van der Waals surface area (Å²) >= 11 is 0. The molecule has 43 heavy (non-hydrogen) atoms. The summed E-state index contributed by atoms with van der Waals surface area (Å²) in [6.45, 7) is -0.798. The van der Waals surface area contributed by atoms with Crippen molar-refractivity contribution < 1.29 is 67.0 Å². The van der Waals surface area contributed by atoms with Gasteiger partial charge in [0, 0.05) is 12.5 Å². The minimum Gasteiger partial charge on any atom is -0.756 e. The number of rotatable bonds is 10. The van der Waals surface area contributed by atoms with Gasteiger partial charge in [0.2, 0.25) is 0 Å². The minimum absolute atomic E-state index is 0.0207. The second-order valence-corrected chi connectivity index (χ2v) is 12.8. The molecular weight excluding hydrogens is 620 g/mol. The molecule has 3 aromatic heterocycles. The smallest absolute Gasteiger partial charge is 0.360 e. The highest BCUT2D eigenvalue weighted by atomic mass is 31.2. The molecule has 5 heterocycles. The average Bonchev–Trinajstić information content (AvgIpc) is 3.62. The number of phosphoric ester groups is 1. The van der Waals surface area contributed by atoms with Crippen molar-refractivity contribution in [3.05, 3.63) is 42.7 Å². The molecule has 10 atom stereocenters. The van der Waals surface area contributed by atoms with E-state index in [0.29, 0.717) is 5.65 Å². The Kier molecular flexibility index (Phi) is 8.67. The summed E-state index contributed by atoms with van der Waals surface area (Å²) in [7, 11) is -11.1. The van der Waals surface area contributed by atoms with Gasteiger partial charge < -0.3 is 55.5 Å². The van der Waals surface area contributed by atoms with Crippen molar-refractivity contribution in [3.63, 3.8) is 0 Å². The maximum absolute atomic E-state index is 13.3. The number of amides is 1.